The first-order valence-corrected chi connectivity index (χ1v) is 4.68. The molecular weight excluding hydrogens is 234 g/mol. The van der Waals surface area contributed by atoms with Gasteiger partial charge in [-0.3, -0.25) is 4.79 Å². The van der Waals surface area contributed by atoms with E-state index in [1.807, 2.05) is 19.1 Å². The topological polar surface area (TPSA) is 49.3 Å². The van der Waals surface area contributed by atoms with Crippen molar-refractivity contribution in [3.8, 4) is 0 Å². The van der Waals surface area contributed by atoms with E-state index < -0.39 is 6.10 Å². The molecule has 1 aliphatic rings. The Labute approximate surface area is 83.9 Å². The van der Waals surface area contributed by atoms with Crippen LogP contribution < -0.4 is 5.32 Å². The monoisotopic (exact) mass is 241 g/mol. The van der Waals surface area contributed by atoms with Gasteiger partial charge in [0.2, 0.25) is 0 Å². The highest BCUT2D eigenvalue weighted by Crippen LogP contribution is 2.37. The predicted octanol–water partition coefficient (Wildman–Crippen LogP) is 1.74. The zero-order valence-electron chi connectivity index (χ0n) is 6.97. The number of nitrogens with one attached hydrogen (secondary N) is 1. The second-order valence-corrected chi connectivity index (χ2v) is 3.96. The molecule has 1 aromatic rings. The molecule has 1 aliphatic heterocycles. The molecule has 0 aliphatic carbocycles. The molecule has 1 amide bonds. The molecule has 0 saturated heterocycles. The Morgan fingerprint density at radius 3 is 2.92 bits per heavy atom. The van der Waals surface area contributed by atoms with E-state index in [1.54, 1.807) is 0 Å². The van der Waals surface area contributed by atoms with Crippen LogP contribution >= 0.6 is 15.9 Å². The molecule has 2 N–H and O–H groups in total. The van der Waals surface area contributed by atoms with Gasteiger partial charge in [0, 0.05) is 10.0 Å². The maximum absolute atomic E-state index is 11.1. The summed E-state index contributed by atoms with van der Waals surface area (Å²) in [6.07, 6.45) is -1.02. The highest BCUT2D eigenvalue weighted by Gasteiger charge is 2.29. The van der Waals surface area contributed by atoms with Crippen molar-refractivity contribution in [2.75, 3.05) is 5.32 Å². The molecule has 0 bridgehead atoms. The van der Waals surface area contributed by atoms with Crippen LogP contribution in [0.25, 0.3) is 0 Å². The molecule has 0 radical (unpaired) electrons. The summed E-state index contributed by atoms with van der Waals surface area (Å²) in [5, 5.41) is 12.1. The Bertz CT molecular complexity index is 389. The van der Waals surface area contributed by atoms with Gasteiger partial charge in [0.05, 0.1) is 5.69 Å². The summed E-state index contributed by atoms with van der Waals surface area (Å²) < 4.78 is 0.812. The van der Waals surface area contributed by atoms with E-state index in [0.717, 1.165) is 10.0 Å². The van der Waals surface area contributed by atoms with Gasteiger partial charge in [-0.2, -0.15) is 0 Å². The lowest BCUT2D eigenvalue weighted by Gasteiger charge is -2.03. The second kappa shape index (κ2) is 2.82. The van der Waals surface area contributed by atoms with Crippen LogP contribution in [0.4, 0.5) is 5.69 Å². The van der Waals surface area contributed by atoms with Gasteiger partial charge in [0.25, 0.3) is 5.91 Å². The van der Waals surface area contributed by atoms with Crippen LogP contribution in [-0.4, -0.2) is 11.0 Å². The van der Waals surface area contributed by atoms with Crippen molar-refractivity contribution in [1.29, 1.82) is 0 Å². The average Bonchev–Trinajstić information content (AvgIpc) is 2.32. The highest BCUT2D eigenvalue weighted by molar-refractivity contribution is 9.10. The maximum Gasteiger partial charge on any atom is 0.257 e. The number of aliphatic hydroxyl groups excluding tert-OH is 1. The number of carbonyl (C=O) groups excluding carboxylic acids is 1. The van der Waals surface area contributed by atoms with Gasteiger partial charge < -0.3 is 10.4 Å². The fourth-order valence-electron chi connectivity index (χ4n) is 1.45. The Balaban J connectivity index is 2.63. The van der Waals surface area contributed by atoms with E-state index >= 15 is 0 Å². The Morgan fingerprint density at radius 2 is 2.23 bits per heavy atom. The van der Waals surface area contributed by atoms with Gasteiger partial charge in [-0.05, 0) is 34.5 Å². The summed E-state index contributed by atoms with van der Waals surface area (Å²) in [5.74, 6) is -0.360. The van der Waals surface area contributed by atoms with Crippen LogP contribution in [0, 0.1) is 6.92 Å². The Hall–Kier alpha value is -0.870. The zero-order chi connectivity index (χ0) is 9.59. The number of benzene rings is 1. The molecule has 2 rings (SSSR count). The first kappa shape index (κ1) is 8.72. The van der Waals surface area contributed by atoms with E-state index in [0.29, 0.717) is 11.3 Å². The predicted molar refractivity (Wildman–Crippen MR) is 52.5 cm³/mol. The molecule has 0 aromatic heterocycles. The molecule has 1 unspecified atom stereocenters. The molecule has 13 heavy (non-hydrogen) atoms. The molecule has 0 saturated carbocycles. The molecular formula is C9H8BrNO2. The van der Waals surface area contributed by atoms with E-state index in [2.05, 4.69) is 21.2 Å². The first-order valence-electron chi connectivity index (χ1n) is 3.88. The van der Waals surface area contributed by atoms with Crippen LogP contribution in [0.1, 0.15) is 17.2 Å². The lowest BCUT2D eigenvalue weighted by atomic mass is 10.1. The van der Waals surface area contributed by atoms with Gasteiger partial charge >= 0.3 is 0 Å². The number of aliphatic hydroxyl groups is 1. The van der Waals surface area contributed by atoms with Crippen molar-refractivity contribution in [2.45, 2.75) is 13.0 Å². The van der Waals surface area contributed by atoms with Crippen molar-refractivity contribution < 1.29 is 9.90 Å². The molecule has 1 atom stereocenters. The first-order chi connectivity index (χ1) is 6.09. The number of anilines is 1. The lowest BCUT2D eigenvalue weighted by Crippen LogP contribution is -2.10. The number of halogens is 1. The number of carbonyl (C=O) groups is 1. The van der Waals surface area contributed by atoms with E-state index in [9.17, 15) is 9.90 Å². The lowest BCUT2D eigenvalue weighted by molar-refractivity contribution is -0.123. The smallest absolute Gasteiger partial charge is 0.257 e. The Morgan fingerprint density at radius 1 is 1.54 bits per heavy atom. The number of rotatable bonds is 0. The number of hydrogen-bond acceptors (Lipinski definition) is 2. The van der Waals surface area contributed by atoms with Crippen LogP contribution in [-0.2, 0) is 4.79 Å². The van der Waals surface area contributed by atoms with E-state index in [-0.39, 0.29) is 5.91 Å². The van der Waals surface area contributed by atoms with Crippen LogP contribution in [0.15, 0.2) is 16.6 Å². The fourth-order valence-corrected chi connectivity index (χ4v) is 2.14. The summed E-state index contributed by atoms with van der Waals surface area (Å²) in [5.41, 5.74) is 2.35. The van der Waals surface area contributed by atoms with Gasteiger partial charge in [-0.15, -0.1) is 0 Å². The summed E-state index contributed by atoms with van der Waals surface area (Å²) in [7, 11) is 0. The third-order valence-electron chi connectivity index (χ3n) is 2.06. The largest absolute Gasteiger partial charge is 0.378 e. The highest BCUT2D eigenvalue weighted by atomic mass is 79.9. The molecule has 1 heterocycles. The van der Waals surface area contributed by atoms with Gasteiger partial charge in [0.15, 0.2) is 6.10 Å². The van der Waals surface area contributed by atoms with Crippen molar-refractivity contribution >= 4 is 27.5 Å². The third kappa shape index (κ3) is 1.26. The third-order valence-corrected chi connectivity index (χ3v) is 2.68. The van der Waals surface area contributed by atoms with Crippen molar-refractivity contribution in [3.05, 3.63) is 27.7 Å². The number of fused-ring (bicyclic) bond motifs is 1. The van der Waals surface area contributed by atoms with E-state index in [4.69, 9.17) is 0 Å². The van der Waals surface area contributed by atoms with Crippen molar-refractivity contribution in [2.24, 2.45) is 0 Å². The minimum absolute atomic E-state index is 0.360. The molecule has 68 valence electrons. The van der Waals surface area contributed by atoms with Gasteiger partial charge in [0.1, 0.15) is 0 Å². The summed E-state index contributed by atoms with van der Waals surface area (Å²) >= 11 is 3.33. The Kier molecular flexibility index (Phi) is 1.89. The normalized spacial score (nSPS) is 19.9. The van der Waals surface area contributed by atoms with E-state index in [1.165, 1.54) is 0 Å². The van der Waals surface area contributed by atoms with Crippen LogP contribution in [0.2, 0.25) is 0 Å². The van der Waals surface area contributed by atoms with Gasteiger partial charge in [-0.25, -0.2) is 0 Å². The molecule has 0 fully saturated rings. The van der Waals surface area contributed by atoms with Crippen LogP contribution in [0.5, 0.6) is 0 Å². The number of aryl methyl sites for hydroxylation is 1. The summed E-state index contributed by atoms with van der Waals surface area (Å²) in [4.78, 5) is 11.1. The standard InChI is InChI=1S/C9H8BrNO2/c1-4-2-5-7(6(10)3-4)11-9(13)8(5)12/h2-3,8,12H,1H3,(H,11,13). The fraction of sp³-hybridized carbons (Fsp3) is 0.222. The molecule has 1 aromatic carbocycles. The zero-order valence-corrected chi connectivity index (χ0v) is 8.55. The summed E-state index contributed by atoms with van der Waals surface area (Å²) in [6, 6.07) is 3.71. The minimum atomic E-state index is -1.02. The SMILES string of the molecule is Cc1cc(Br)c2c(c1)C(O)C(=O)N2. The molecule has 4 heteroatoms. The number of hydrogen-bond donors (Lipinski definition) is 2. The quantitative estimate of drug-likeness (QED) is 0.728. The second-order valence-electron chi connectivity index (χ2n) is 3.10. The summed E-state index contributed by atoms with van der Waals surface area (Å²) in [6.45, 7) is 1.92. The maximum atomic E-state index is 11.1. The minimum Gasteiger partial charge on any atom is -0.378 e. The molecule has 0 spiro atoms. The average molecular weight is 242 g/mol. The molecule has 3 nitrogen and oxygen atoms in total. The van der Waals surface area contributed by atoms with Crippen molar-refractivity contribution in [1.82, 2.24) is 0 Å². The van der Waals surface area contributed by atoms with Gasteiger partial charge in [-0.1, -0.05) is 6.07 Å². The number of amides is 1. The van der Waals surface area contributed by atoms with Crippen molar-refractivity contribution in [3.63, 3.8) is 0 Å². The van der Waals surface area contributed by atoms with Crippen LogP contribution in [0.3, 0.4) is 0 Å².